The molecule has 1 rings (SSSR count). The van der Waals surface area contributed by atoms with E-state index in [-0.39, 0.29) is 23.0 Å². The van der Waals surface area contributed by atoms with Crippen LogP contribution in [0.5, 0.6) is 5.75 Å². The first-order valence-corrected chi connectivity index (χ1v) is 10.2. The number of rotatable bonds is 9. The smallest absolute Gasteiger partial charge is 0.348 e. The van der Waals surface area contributed by atoms with Crippen molar-refractivity contribution in [3.8, 4) is 11.8 Å². The summed E-state index contributed by atoms with van der Waals surface area (Å²) in [6.45, 7) is 14.6. The molecule has 0 aromatic heterocycles. The van der Waals surface area contributed by atoms with E-state index in [2.05, 4.69) is 41.5 Å². The maximum Gasteiger partial charge on any atom is 0.348 e. The first kappa shape index (κ1) is 23.8. The lowest BCUT2D eigenvalue weighted by Gasteiger charge is -2.32. The van der Waals surface area contributed by atoms with Gasteiger partial charge in [-0.15, -0.1) is 0 Å². The summed E-state index contributed by atoms with van der Waals surface area (Å²) < 4.78 is 4.98. The number of phenols is 1. The number of benzene rings is 1. The maximum atomic E-state index is 12.1. The van der Waals surface area contributed by atoms with Gasteiger partial charge < -0.3 is 9.84 Å². The number of hydrogen-bond donors (Lipinski definition) is 1. The highest BCUT2D eigenvalue weighted by Crippen LogP contribution is 2.43. The molecule has 1 aromatic carbocycles. The second-order valence-electron chi connectivity index (χ2n) is 8.62. The van der Waals surface area contributed by atoms with Crippen LogP contribution in [0, 0.1) is 11.3 Å². The van der Waals surface area contributed by atoms with Gasteiger partial charge in [0.2, 0.25) is 0 Å². The van der Waals surface area contributed by atoms with Crippen LogP contribution in [-0.4, -0.2) is 17.7 Å². The van der Waals surface area contributed by atoms with Gasteiger partial charge in [-0.25, -0.2) is 4.79 Å². The Hall–Kier alpha value is -2.28. The van der Waals surface area contributed by atoms with E-state index in [4.69, 9.17) is 4.74 Å². The predicted molar refractivity (Wildman–Crippen MR) is 114 cm³/mol. The molecule has 0 aliphatic carbocycles. The second-order valence-corrected chi connectivity index (χ2v) is 8.62. The Kier molecular flexibility index (Phi) is 8.29. The highest BCUT2D eigenvalue weighted by Gasteiger charge is 2.30. The fourth-order valence-electron chi connectivity index (χ4n) is 3.80. The van der Waals surface area contributed by atoms with Crippen LogP contribution < -0.4 is 0 Å². The van der Waals surface area contributed by atoms with Gasteiger partial charge in [0, 0.05) is 11.1 Å². The molecule has 0 saturated carbocycles. The van der Waals surface area contributed by atoms with Crippen molar-refractivity contribution in [2.45, 2.75) is 85.0 Å². The van der Waals surface area contributed by atoms with E-state index in [1.54, 1.807) is 13.0 Å². The normalized spacial score (nSPS) is 12.6. The van der Waals surface area contributed by atoms with Gasteiger partial charge in [0.15, 0.2) is 0 Å². The summed E-state index contributed by atoms with van der Waals surface area (Å²) in [6.07, 6.45) is 5.39. The topological polar surface area (TPSA) is 70.3 Å². The Balaban J connectivity index is 3.71. The van der Waals surface area contributed by atoms with E-state index in [1.807, 2.05) is 18.2 Å². The third-order valence-corrected chi connectivity index (χ3v) is 5.27. The van der Waals surface area contributed by atoms with Crippen LogP contribution in [0.1, 0.15) is 90.8 Å². The molecule has 4 heteroatoms. The summed E-state index contributed by atoms with van der Waals surface area (Å²) in [6, 6.07) is 5.73. The van der Waals surface area contributed by atoms with E-state index in [0.29, 0.717) is 5.75 Å². The van der Waals surface area contributed by atoms with Gasteiger partial charge in [-0.1, -0.05) is 54.4 Å². The maximum absolute atomic E-state index is 12.1. The molecule has 154 valence electrons. The summed E-state index contributed by atoms with van der Waals surface area (Å²) in [5, 5.41) is 20.5. The van der Waals surface area contributed by atoms with Gasteiger partial charge in [-0.05, 0) is 54.4 Å². The number of nitrogens with zero attached hydrogens (tertiary/aromatic N) is 1. The first-order chi connectivity index (χ1) is 13.0. The van der Waals surface area contributed by atoms with Crippen LogP contribution in [0.15, 0.2) is 17.7 Å². The zero-order chi connectivity index (χ0) is 21.5. The lowest BCUT2D eigenvalue weighted by Crippen LogP contribution is -2.22. The van der Waals surface area contributed by atoms with Gasteiger partial charge in [0.05, 0.1) is 6.61 Å². The number of ether oxygens (including phenoxy) is 1. The highest BCUT2D eigenvalue weighted by molar-refractivity contribution is 5.98. The number of carbonyl (C=O) groups excluding carboxylic acids is 1. The summed E-state index contributed by atoms with van der Waals surface area (Å²) in [7, 11) is 0. The van der Waals surface area contributed by atoms with E-state index in [0.717, 1.165) is 42.4 Å². The molecular weight excluding hydrogens is 350 g/mol. The second kappa shape index (κ2) is 9.78. The third kappa shape index (κ3) is 5.61. The molecular formula is C24H35NO3. The minimum absolute atomic E-state index is 0.0361. The van der Waals surface area contributed by atoms with Gasteiger partial charge in [0.25, 0.3) is 0 Å². The quantitative estimate of drug-likeness (QED) is 0.321. The van der Waals surface area contributed by atoms with Crippen molar-refractivity contribution < 1.29 is 14.6 Å². The van der Waals surface area contributed by atoms with Crippen LogP contribution in [0.25, 0.3) is 6.08 Å². The fourth-order valence-corrected chi connectivity index (χ4v) is 3.80. The highest BCUT2D eigenvalue weighted by atomic mass is 16.5. The Morgan fingerprint density at radius 3 is 1.89 bits per heavy atom. The number of nitriles is 1. The van der Waals surface area contributed by atoms with Crippen molar-refractivity contribution in [1.29, 1.82) is 5.26 Å². The molecule has 0 bridgehead atoms. The van der Waals surface area contributed by atoms with Gasteiger partial charge >= 0.3 is 5.97 Å². The number of phenolic OH excluding ortho intramolecular Hbond substituents is 1. The first-order valence-electron chi connectivity index (χ1n) is 10.2. The molecule has 4 nitrogen and oxygen atoms in total. The molecule has 28 heavy (non-hydrogen) atoms. The summed E-state index contributed by atoms with van der Waals surface area (Å²) in [4.78, 5) is 12.1. The lowest BCUT2D eigenvalue weighted by molar-refractivity contribution is -0.137. The molecule has 0 heterocycles. The average Bonchev–Trinajstić information content (AvgIpc) is 2.60. The SMILES string of the molecule is CCCC(C)(C)c1cc(C=C(C#N)C(=O)OCC)cc(C(C)(C)CCC)c1O. The molecule has 0 unspecified atom stereocenters. The summed E-state index contributed by atoms with van der Waals surface area (Å²) in [5.41, 5.74) is 1.95. The fraction of sp³-hybridized carbons (Fsp3) is 0.583. The van der Waals surface area contributed by atoms with E-state index in [9.17, 15) is 15.2 Å². The molecule has 0 amide bonds. The summed E-state index contributed by atoms with van der Waals surface area (Å²) in [5.74, 6) is -0.300. The average molecular weight is 386 g/mol. The molecule has 1 N–H and O–H groups in total. The largest absolute Gasteiger partial charge is 0.507 e. The molecule has 0 fully saturated rings. The van der Waals surface area contributed by atoms with Crippen LogP contribution in [0.2, 0.25) is 0 Å². The molecule has 0 radical (unpaired) electrons. The van der Waals surface area contributed by atoms with Crippen molar-refractivity contribution in [3.05, 3.63) is 34.4 Å². The van der Waals surface area contributed by atoms with Crippen molar-refractivity contribution in [1.82, 2.24) is 0 Å². The monoisotopic (exact) mass is 385 g/mol. The Morgan fingerprint density at radius 1 is 1.07 bits per heavy atom. The van der Waals surface area contributed by atoms with Crippen molar-refractivity contribution in [2.24, 2.45) is 0 Å². The third-order valence-electron chi connectivity index (χ3n) is 5.27. The molecule has 0 atom stereocenters. The van der Waals surface area contributed by atoms with Gasteiger partial charge in [0.1, 0.15) is 17.4 Å². The number of carbonyl (C=O) groups is 1. The Labute approximate surface area is 170 Å². The van der Waals surface area contributed by atoms with Crippen LogP contribution in [-0.2, 0) is 20.4 Å². The zero-order valence-electron chi connectivity index (χ0n) is 18.5. The van der Waals surface area contributed by atoms with Gasteiger partial charge in [-0.2, -0.15) is 5.26 Å². The van der Waals surface area contributed by atoms with Crippen LogP contribution in [0.4, 0.5) is 0 Å². The minimum Gasteiger partial charge on any atom is -0.507 e. The predicted octanol–water partition coefficient (Wildman–Crippen LogP) is 6.02. The molecule has 1 aromatic rings. The number of hydrogen-bond acceptors (Lipinski definition) is 4. The van der Waals surface area contributed by atoms with Crippen molar-refractivity contribution in [2.75, 3.05) is 6.61 Å². The lowest BCUT2D eigenvalue weighted by atomic mass is 9.73. The molecule has 0 aliphatic heterocycles. The standard InChI is InChI=1S/C24H35NO3/c1-8-11-23(4,5)19-14-17(13-18(16-25)22(27)28-10-3)15-20(21(19)26)24(6,7)12-9-2/h13-15,26H,8-12H2,1-7H3. The Bertz CT molecular complexity index is 728. The number of aromatic hydroxyl groups is 1. The van der Waals surface area contributed by atoms with Gasteiger partial charge in [-0.3, -0.25) is 0 Å². The molecule has 0 saturated heterocycles. The molecule has 0 aliphatic rings. The minimum atomic E-state index is -0.623. The molecule has 0 spiro atoms. The van der Waals surface area contributed by atoms with Crippen molar-refractivity contribution in [3.63, 3.8) is 0 Å². The number of esters is 1. The van der Waals surface area contributed by atoms with E-state index < -0.39 is 5.97 Å². The van der Waals surface area contributed by atoms with Crippen LogP contribution >= 0.6 is 0 Å². The zero-order valence-corrected chi connectivity index (χ0v) is 18.5. The van der Waals surface area contributed by atoms with Crippen molar-refractivity contribution >= 4 is 12.0 Å². The van der Waals surface area contributed by atoms with E-state index in [1.165, 1.54) is 0 Å². The Morgan fingerprint density at radius 2 is 1.54 bits per heavy atom. The van der Waals surface area contributed by atoms with E-state index >= 15 is 0 Å². The summed E-state index contributed by atoms with van der Waals surface area (Å²) >= 11 is 0. The van der Waals surface area contributed by atoms with Crippen LogP contribution in [0.3, 0.4) is 0 Å².